The topological polar surface area (TPSA) is 35.2 Å². The third kappa shape index (κ3) is 4.11. The number of hydrogen-bond donors (Lipinski definition) is 1. The van der Waals surface area contributed by atoms with E-state index < -0.39 is 0 Å². The van der Waals surface area contributed by atoms with E-state index >= 15 is 0 Å². The van der Waals surface area contributed by atoms with Crippen molar-refractivity contribution >= 4 is 0 Å². The first-order chi connectivity index (χ1) is 8.39. The molecule has 0 heterocycles. The van der Waals surface area contributed by atoms with Crippen LogP contribution in [0, 0.1) is 6.92 Å². The molecule has 1 aromatic rings. The van der Waals surface area contributed by atoms with Crippen molar-refractivity contribution in [3.05, 3.63) is 35.4 Å². The van der Waals surface area contributed by atoms with Gasteiger partial charge < -0.3 is 10.5 Å². The molecular weight excluding hydrogens is 222 g/mol. The van der Waals surface area contributed by atoms with Crippen LogP contribution in [0.1, 0.15) is 57.8 Å². The van der Waals surface area contributed by atoms with Crippen LogP contribution in [0.5, 0.6) is 0 Å². The SMILES string of the molecule is CCC(N)C(OC(C)(C)CC)c1ccc(C)cc1. The van der Waals surface area contributed by atoms with Gasteiger partial charge in [-0.15, -0.1) is 0 Å². The van der Waals surface area contributed by atoms with E-state index in [4.69, 9.17) is 10.5 Å². The zero-order valence-corrected chi connectivity index (χ0v) is 12.4. The van der Waals surface area contributed by atoms with Crippen molar-refractivity contribution in [3.63, 3.8) is 0 Å². The van der Waals surface area contributed by atoms with Crippen molar-refractivity contribution in [3.8, 4) is 0 Å². The number of hydrogen-bond acceptors (Lipinski definition) is 2. The maximum Gasteiger partial charge on any atom is 0.0982 e. The minimum absolute atomic E-state index is 0.0226. The molecule has 102 valence electrons. The lowest BCUT2D eigenvalue weighted by Gasteiger charge is -2.33. The second-order valence-corrected chi connectivity index (χ2v) is 5.63. The molecule has 0 spiro atoms. The van der Waals surface area contributed by atoms with Crippen molar-refractivity contribution in [2.75, 3.05) is 0 Å². The number of ether oxygens (including phenoxy) is 1. The summed E-state index contributed by atoms with van der Waals surface area (Å²) in [6.07, 6.45) is 1.87. The number of benzene rings is 1. The van der Waals surface area contributed by atoms with Crippen LogP contribution < -0.4 is 5.73 Å². The van der Waals surface area contributed by atoms with Gasteiger partial charge in [-0.05, 0) is 39.2 Å². The Morgan fingerprint density at radius 2 is 1.72 bits per heavy atom. The van der Waals surface area contributed by atoms with Gasteiger partial charge in [0.05, 0.1) is 11.7 Å². The minimum atomic E-state index is -0.137. The fourth-order valence-corrected chi connectivity index (χ4v) is 1.80. The highest BCUT2D eigenvalue weighted by Gasteiger charge is 2.26. The van der Waals surface area contributed by atoms with Crippen molar-refractivity contribution in [2.45, 2.75) is 65.2 Å². The van der Waals surface area contributed by atoms with Crippen molar-refractivity contribution < 1.29 is 4.74 Å². The number of rotatable bonds is 6. The summed E-state index contributed by atoms with van der Waals surface area (Å²) >= 11 is 0. The third-order valence-corrected chi connectivity index (χ3v) is 3.56. The standard InChI is InChI=1S/C16H27NO/c1-6-14(17)15(18-16(4,5)7-2)13-10-8-12(3)9-11-13/h8-11,14-15H,6-7,17H2,1-5H3. The van der Waals surface area contributed by atoms with Crippen LogP contribution in [0.4, 0.5) is 0 Å². The Labute approximate surface area is 112 Å². The molecule has 18 heavy (non-hydrogen) atoms. The molecular formula is C16H27NO. The summed E-state index contributed by atoms with van der Waals surface area (Å²) in [5.74, 6) is 0. The fourth-order valence-electron chi connectivity index (χ4n) is 1.80. The van der Waals surface area contributed by atoms with Crippen LogP contribution in [0.2, 0.25) is 0 Å². The van der Waals surface area contributed by atoms with Gasteiger partial charge in [-0.25, -0.2) is 0 Å². The maximum atomic E-state index is 6.24. The average Bonchev–Trinajstić information content (AvgIpc) is 2.36. The maximum absolute atomic E-state index is 6.24. The summed E-state index contributed by atoms with van der Waals surface area (Å²) in [5, 5.41) is 0. The summed E-state index contributed by atoms with van der Waals surface area (Å²) in [6, 6.07) is 8.53. The lowest BCUT2D eigenvalue weighted by molar-refractivity contribution is -0.0858. The Balaban J connectivity index is 2.95. The van der Waals surface area contributed by atoms with Gasteiger partial charge in [0.1, 0.15) is 0 Å². The minimum Gasteiger partial charge on any atom is -0.366 e. The van der Waals surface area contributed by atoms with E-state index in [0.717, 1.165) is 12.8 Å². The highest BCUT2D eigenvalue weighted by atomic mass is 16.5. The number of nitrogens with two attached hydrogens (primary N) is 1. The van der Waals surface area contributed by atoms with E-state index in [1.165, 1.54) is 11.1 Å². The first kappa shape index (κ1) is 15.2. The Kier molecular flexibility index (Phi) is 5.36. The van der Waals surface area contributed by atoms with Crippen LogP contribution in [0.25, 0.3) is 0 Å². The Morgan fingerprint density at radius 3 is 2.17 bits per heavy atom. The highest BCUT2D eigenvalue weighted by Crippen LogP contribution is 2.29. The zero-order valence-electron chi connectivity index (χ0n) is 12.4. The van der Waals surface area contributed by atoms with Crippen LogP contribution in [0.15, 0.2) is 24.3 Å². The molecule has 2 N–H and O–H groups in total. The normalized spacial score (nSPS) is 15.4. The highest BCUT2D eigenvalue weighted by molar-refractivity contribution is 5.24. The van der Waals surface area contributed by atoms with Gasteiger partial charge in [-0.3, -0.25) is 0 Å². The molecule has 2 nitrogen and oxygen atoms in total. The zero-order chi connectivity index (χ0) is 13.8. The molecule has 0 radical (unpaired) electrons. The van der Waals surface area contributed by atoms with Crippen LogP contribution >= 0.6 is 0 Å². The lowest BCUT2D eigenvalue weighted by Crippen LogP contribution is -2.36. The molecule has 1 rings (SSSR count). The van der Waals surface area contributed by atoms with E-state index in [9.17, 15) is 0 Å². The molecule has 0 aliphatic rings. The Morgan fingerprint density at radius 1 is 1.17 bits per heavy atom. The van der Waals surface area contributed by atoms with E-state index in [1.54, 1.807) is 0 Å². The molecule has 0 saturated carbocycles. The van der Waals surface area contributed by atoms with E-state index in [1.807, 2.05) is 0 Å². The second-order valence-electron chi connectivity index (χ2n) is 5.63. The van der Waals surface area contributed by atoms with Gasteiger partial charge in [-0.2, -0.15) is 0 Å². The van der Waals surface area contributed by atoms with Gasteiger partial charge in [0, 0.05) is 6.04 Å². The van der Waals surface area contributed by atoms with E-state index in [0.29, 0.717) is 0 Å². The molecule has 2 heteroatoms. The van der Waals surface area contributed by atoms with Crippen molar-refractivity contribution in [2.24, 2.45) is 5.73 Å². The smallest absolute Gasteiger partial charge is 0.0982 e. The number of aryl methyl sites for hydroxylation is 1. The molecule has 2 atom stereocenters. The molecule has 0 bridgehead atoms. The quantitative estimate of drug-likeness (QED) is 0.827. The molecule has 0 amide bonds. The summed E-state index contributed by atoms with van der Waals surface area (Å²) in [4.78, 5) is 0. The monoisotopic (exact) mass is 249 g/mol. The van der Waals surface area contributed by atoms with Gasteiger partial charge in [0.15, 0.2) is 0 Å². The van der Waals surface area contributed by atoms with Crippen molar-refractivity contribution in [1.82, 2.24) is 0 Å². The lowest BCUT2D eigenvalue weighted by atomic mass is 9.97. The summed E-state index contributed by atoms with van der Waals surface area (Å²) in [5.41, 5.74) is 8.53. The second kappa shape index (κ2) is 6.35. The summed E-state index contributed by atoms with van der Waals surface area (Å²) < 4.78 is 6.24. The average molecular weight is 249 g/mol. The van der Waals surface area contributed by atoms with Crippen LogP contribution in [0.3, 0.4) is 0 Å². The third-order valence-electron chi connectivity index (χ3n) is 3.56. The molecule has 0 aliphatic heterocycles. The van der Waals surface area contributed by atoms with Gasteiger partial charge in [-0.1, -0.05) is 43.7 Å². The predicted molar refractivity (Wildman–Crippen MR) is 77.6 cm³/mol. The van der Waals surface area contributed by atoms with Crippen LogP contribution in [-0.4, -0.2) is 11.6 Å². The Bertz CT molecular complexity index is 356. The molecule has 0 saturated heterocycles. The molecule has 1 aromatic carbocycles. The first-order valence-corrected chi connectivity index (χ1v) is 6.89. The van der Waals surface area contributed by atoms with E-state index in [-0.39, 0.29) is 17.7 Å². The van der Waals surface area contributed by atoms with Gasteiger partial charge in [0.25, 0.3) is 0 Å². The van der Waals surface area contributed by atoms with E-state index in [2.05, 4.69) is 58.9 Å². The van der Waals surface area contributed by atoms with Crippen LogP contribution in [-0.2, 0) is 4.74 Å². The van der Waals surface area contributed by atoms with Gasteiger partial charge in [0.2, 0.25) is 0 Å². The molecule has 0 fully saturated rings. The molecule has 0 aliphatic carbocycles. The predicted octanol–water partition coefficient (Wildman–Crippen LogP) is 3.98. The summed E-state index contributed by atoms with van der Waals surface area (Å²) in [6.45, 7) is 10.6. The molecule has 0 aromatic heterocycles. The first-order valence-electron chi connectivity index (χ1n) is 6.89. The summed E-state index contributed by atoms with van der Waals surface area (Å²) in [7, 11) is 0. The molecule has 2 unspecified atom stereocenters. The van der Waals surface area contributed by atoms with Crippen molar-refractivity contribution in [1.29, 1.82) is 0 Å². The largest absolute Gasteiger partial charge is 0.366 e. The van der Waals surface area contributed by atoms with Gasteiger partial charge >= 0.3 is 0 Å². The fraction of sp³-hybridized carbons (Fsp3) is 0.625. The Hall–Kier alpha value is -0.860.